The number of benzene rings is 1. The molecule has 0 amide bonds. The van der Waals surface area contributed by atoms with E-state index in [-0.39, 0.29) is 5.02 Å². The number of nitrogens with one attached hydrogen (secondary N) is 1. The van der Waals surface area contributed by atoms with E-state index in [1.807, 2.05) is 12.1 Å². The van der Waals surface area contributed by atoms with Crippen LogP contribution in [0.3, 0.4) is 0 Å². The molecule has 0 saturated heterocycles. The summed E-state index contributed by atoms with van der Waals surface area (Å²) >= 11 is 7.96. The van der Waals surface area contributed by atoms with Gasteiger partial charge in [0, 0.05) is 8.96 Å². The van der Waals surface area contributed by atoms with Crippen LogP contribution in [0.1, 0.15) is 0 Å². The average molecular weight is 322 g/mol. The Morgan fingerprint density at radius 2 is 2.14 bits per heavy atom. The van der Waals surface area contributed by atoms with Crippen LogP contribution in [0.5, 0.6) is 5.75 Å². The Morgan fingerprint density at radius 3 is 2.86 bits per heavy atom. The van der Waals surface area contributed by atoms with Gasteiger partial charge in [0.05, 0.1) is 10.5 Å². The normalized spacial score (nSPS) is 10.7. The van der Waals surface area contributed by atoms with Crippen LogP contribution < -0.4 is 5.56 Å². The fraction of sp³-hybridized carbons (Fsp3) is 0. The van der Waals surface area contributed by atoms with Gasteiger partial charge >= 0.3 is 0 Å². The molecule has 72 valence electrons. The Hall–Kier alpha value is -0.750. The molecule has 2 aromatic rings. The van der Waals surface area contributed by atoms with Crippen LogP contribution in [0.4, 0.5) is 0 Å². The van der Waals surface area contributed by atoms with Crippen LogP contribution >= 0.6 is 34.2 Å². The van der Waals surface area contributed by atoms with Crippen LogP contribution in [-0.4, -0.2) is 10.1 Å². The molecule has 14 heavy (non-hydrogen) atoms. The fourth-order valence-electron chi connectivity index (χ4n) is 1.25. The molecule has 0 spiro atoms. The maximum absolute atomic E-state index is 11.2. The molecule has 0 aliphatic heterocycles. The second-order valence-electron chi connectivity index (χ2n) is 2.78. The number of aromatic hydroxyl groups is 1. The maximum Gasteiger partial charge on any atom is 0.292 e. The number of H-pyrrole nitrogens is 1. The zero-order valence-electron chi connectivity index (χ0n) is 6.84. The first-order chi connectivity index (χ1) is 6.61. The molecular weight excluding hydrogens is 316 g/mol. The minimum Gasteiger partial charge on any atom is -0.502 e. The van der Waals surface area contributed by atoms with E-state index >= 15 is 0 Å². The standard InChI is InChI=1S/C9H5ClINO2/c10-7-6-4(11)2-1-3-5(6)12-9(14)8(7)13/h1-3,13H,(H,12,14). The molecule has 1 aromatic heterocycles. The van der Waals surface area contributed by atoms with Crippen molar-refractivity contribution in [1.82, 2.24) is 4.98 Å². The summed E-state index contributed by atoms with van der Waals surface area (Å²) in [6.07, 6.45) is 0. The van der Waals surface area contributed by atoms with E-state index in [1.54, 1.807) is 6.07 Å². The average Bonchev–Trinajstić information content (AvgIpc) is 2.14. The Kier molecular flexibility index (Phi) is 2.40. The van der Waals surface area contributed by atoms with E-state index in [2.05, 4.69) is 27.6 Å². The summed E-state index contributed by atoms with van der Waals surface area (Å²) in [7, 11) is 0. The van der Waals surface area contributed by atoms with Gasteiger partial charge in [0.1, 0.15) is 0 Å². The molecule has 3 nitrogen and oxygen atoms in total. The second-order valence-corrected chi connectivity index (χ2v) is 4.32. The number of pyridine rings is 1. The SMILES string of the molecule is O=c1[nH]c2cccc(I)c2c(Cl)c1O. The first kappa shape index (κ1) is 9.79. The van der Waals surface area contributed by atoms with E-state index in [1.165, 1.54) is 0 Å². The molecule has 0 bridgehead atoms. The third-order valence-electron chi connectivity index (χ3n) is 1.90. The lowest BCUT2D eigenvalue weighted by Crippen LogP contribution is -2.05. The van der Waals surface area contributed by atoms with E-state index in [4.69, 9.17) is 11.6 Å². The van der Waals surface area contributed by atoms with E-state index in [0.29, 0.717) is 10.9 Å². The highest BCUT2D eigenvalue weighted by atomic mass is 127. The van der Waals surface area contributed by atoms with Crippen molar-refractivity contribution >= 4 is 45.1 Å². The number of aromatic amines is 1. The summed E-state index contributed by atoms with van der Waals surface area (Å²) < 4.78 is 0.886. The van der Waals surface area contributed by atoms with Crippen LogP contribution in [0, 0.1) is 3.57 Å². The Bertz CT molecular complexity index is 564. The van der Waals surface area contributed by atoms with Crippen molar-refractivity contribution in [3.05, 3.63) is 37.1 Å². The van der Waals surface area contributed by atoms with Crippen molar-refractivity contribution in [3.63, 3.8) is 0 Å². The van der Waals surface area contributed by atoms with Crippen LogP contribution in [0.25, 0.3) is 10.9 Å². The van der Waals surface area contributed by atoms with Crippen molar-refractivity contribution in [2.75, 3.05) is 0 Å². The van der Waals surface area contributed by atoms with Gasteiger partial charge in [0.15, 0.2) is 0 Å². The predicted octanol–water partition coefficient (Wildman–Crippen LogP) is 2.49. The summed E-state index contributed by atoms with van der Waals surface area (Å²) in [5.74, 6) is -0.428. The molecule has 5 heteroatoms. The van der Waals surface area contributed by atoms with E-state index < -0.39 is 11.3 Å². The van der Waals surface area contributed by atoms with Gasteiger partial charge in [-0.3, -0.25) is 4.79 Å². The highest BCUT2D eigenvalue weighted by molar-refractivity contribution is 14.1. The van der Waals surface area contributed by atoms with Crippen molar-refractivity contribution in [3.8, 4) is 5.75 Å². The number of aromatic nitrogens is 1. The lowest BCUT2D eigenvalue weighted by atomic mass is 10.2. The highest BCUT2D eigenvalue weighted by Crippen LogP contribution is 2.30. The fourth-order valence-corrected chi connectivity index (χ4v) is 2.47. The minimum atomic E-state index is -0.565. The third-order valence-corrected chi connectivity index (χ3v) is 3.17. The third kappa shape index (κ3) is 1.38. The van der Waals surface area contributed by atoms with Crippen molar-refractivity contribution in [2.24, 2.45) is 0 Å². The van der Waals surface area contributed by atoms with E-state index in [9.17, 15) is 9.90 Å². The largest absolute Gasteiger partial charge is 0.502 e. The van der Waals surface area contributed by atoms with Crippen LogP contribution in [0.15, 0.2) is 23.0 Å². The first-order valence-corrected chi connectivity index (χ1v) is 5.26. The molecule has 0 aliphatic carbocycles. The topological polar surface area (TPSA) is 53.1 Å². The molecule has 0 radical (unpaired) electrons. The van der Waals surface area contributed by atoms with Crippen molar-refractivity contribution in [2.45, 2.75) is 0 Å². The van der Waals surface area contributed by atoms with Gasteiger partial charge in [0.2, 0.25) is 5.75 Å². The van der Waals surface area contributed by atoms with E-state index in [0.717, 1.165) is 3.57 Å². The smallest absolute Gasteiger partial charge is 0.292 e. The van der Waals surface area contributed by atoms with Crippen LogP contribution in [0.2, 0.25) is 5.02 Å². The molecule has 2 N–H and O–H groups in total. The predicted molar refractivity (Wildman–Crippen MR) is 64.0 cm³/mol. The zero-order valence-corrected chi connectivity index (χ0v) is 9.76. The number of rotatable bonds is 0. The first-order valence-electron chi connectivity index (χ1n) is 3.80. The van der Waals surface area contributed by atoms with Gasteiger partial charge in [-0.1, -0.05) is 17.7 Å². The molecule has 2 rings (SSSR count). The molecule has 0 aliphatic rings. The molecule has 1 aromatic carbocycles. The Labute approximate surface area is 97.9 Å². The summed E-state index contributed by atoms with van der Waals surface area (Å²) in [6, 6.07) is 5.41. The summed E-state index contributed by atoms with van der Waals surface area (Å²) in [5, 5.41) is 10.1. The lowest BCUT2D eigenvalue weighted by Gasteiger charge is -2.03. The van der Waals surface area contributed by atoms with Gasteiger partial charge in [-0.15, -0.1) is 0 Å². The van der Waals surface area contributed by atoms with Crippen molar-refractivity contribution in [1.29, 1.82) is 0 Å². The number of fused-ring (bicyclic) bond motifs is 1. The molecule has 0 saturated carbocycles. The monoisotopic (exact) mass is 321 g/mol. The van der Waals surface area contributed by atoms with Crippen molar-refractivity contribution < 1.29 is 5.11 Å². The molecule has 0 fully saturated rings. The number of halogens is 2. The maximum atomic E-state index is 11.2. The summed E-state index contributed by atoms with van der Waals surface area (Å²) in [6.45, 7) is 0. The Morgan fingerprint density at radius 1 is 1.43 bits per heavy atom. The minimum absolute atomic E-state index is 0.105. The van der Waals surface area contributed by atoms with Gasteiger partial charge in [0.25, 0.3) is 5.56 Å². The number of hydrogen-bond donors (Lipinski definition) is 2. The quantitative estimate of drug-likeness (QED) is 0.733. The molecule has 0 atom stereocenters. The van der Waals surface area contributed by atoms with Gasteiger partial charge in [-0.05, 0) is 34.7 Å². The van der Waals surface area contributed by atoms with Crippen LogP contribution in [-0.2, 0) is 0 Å². The molecular formula is C9H5ClINO2. The lowest BCUT2D eigenvalue weighted by molar-refractivity contribution is 0.468. The zero-order chi connectivity index (χ0) is 10.3. The Balaban J connectivity index is 3.07. The molecule has 1 heterocycles. The number of hydrogen-bond acceptors (Lipinski definition) is 2. The van der Waals surface area contributed by atoms with Gasteiger partial charge < -0.3 is 10.1 Å². The second kappa shape index (κ2) is 3.43. The molecule has 0 unspecified atom stereocenters. The van der Waals surface area contributed by atoms with Gasteiger partial charge in [-0.25, -0.2) is 0 Å². The summed E-state index contributed by atoms with van der Waals surface area (Å²) in [4.78, 5) is 13.7. The highest BCUT2D eigenvalue weighted by Gasteiger charge is 2.11. The van der Waals surface area contributed by atoms with Gasteiger partial charge in [-0.2, -0.15) is 0 Å². The summed E-state index contributed by atoms with van der Waals surface area (Å²) in [5.41, 5.74) is 0.0641.